The molecule has 0 N–H and O–H groups in total. The molecule has 2 amide bonds. The first-order valence-electron chi connectivity index (χ1n) is 8.19. The van der Waals surface area contributed by atoms with Crippen molar-refractivity contribution in [3.63, 3.8) is 0 Å². The number of hydrogen-bond donors (Lipinski definition) is 0. The Kier molecular flexibility index (Phi) is 5.91. The average molecular weight is 342 g/mol. The molecule has 0 heterocycles. The van der Waals surface area contributed by atoms with Crippen LogP contribution in [0, 0.1) is 12.7 Å². The summed E-state index contributed by atoms with van der Waals surface area (Å²) in [6, 6.07) is 11.7. The number of hydrogen-bond acceptors (Lipinski definition) is 2. The second kappa shape index (κ2) is 7.92. The van der Waals surface area contributed by atoms with Gasteiger partial charge in [-0.15, -0.1) is 0 Å². The van der Waals surface area contributed by atoms with Crippen molar-refractivity contribution < 1.29 is 14.0 Å². The highest BCUT2D eigenvalue weighted by molar-refractivity contribution is 5.94. The molecule has 0 saturated heterocycles. The molecule has 0 spiro atoms. The van der Waals surface area contributed by atoms with Crippen molar-refractivity contribution in [2.45, 2.75) is 20.4 Å². The van der Waals surface area contributed by atoms with Gasteiger partial charge >= 0.3 is 0 Å². The summed E-state index contributed by atoms with van der Waals surface area (Å²) < 4.78 is 13.7. The molecule has 2 aromatic rings. The van der Waals surface area contributed by atoms with E-state index < -0.39 is 0 Å². The molecular weight excluding hydrogens is 319 g/mol. The fraction of sp³-hybridized carbons (Fsp3) is 0.300. The lowest BCUT2D eigenvalue weighted by Gasteiger charge is -2.21. The SMILES string of the molecule is CCN(Cc1ccc(C(=O)N(C)C)cc1)C(=O)c1ccc(C)c(F)c1. The molecule has 0 aliphatic carbocycles. The van der Waals surface area contributed by atoms with Gasteiger partial charge in [-0.05, 0) is 49.2 Å². The minimum absolute atomic E-state index is 0.0647. The smallest absolute Gasteiger partial charge is 0.254 e. The predicted octanol–water partition coefficient (Wildman–Crippen LogP) is 3.50. The number of nitrogens with zero attached hydrogens (tertiary/aromatic N) is 2. The maximum absolute atomic E-state index is 13.7. The molecule has 0 atom stereocenters. The number of carbonyl (C=O) groups excluding carboxylic acids is 2. The summed E-state index contributed by atoms with van der Waals surface area (Å²) in [5.74, 6) is -0.659. The minimum atomic E-state index is -0.381. The number of carbonyl (C=O) groups is 2. The fourth-order valence-electron chi connectivity index (χ4n) is 2.47. The van der Waals surface area contributed by atoms with Crippen LogP contribution in [0.1, 0.15) is 38.8 Å². The Hall–Kier alpha value is -2.69. The van der Waals surface area contributed by atoms with Crippen LogP contribution < -0.4 is 0 Å². The lowest BCUT2D eigenvalue weighted by molar-refractivity contribution is 0.0751. The van der Waals surface area contributed by atoms with Gasteiger partial charge in [0.25, 0.3) is 11.8 Å². The van der Waals surface area contributed by atoms with E-state index in [2.05, 4.69) is 0 Å². The maximum Gasteiger partial charge on any atom is 0.254 e. The molecule has 0 aromatic heterocycles. The lowest BCUT2D eigenvalue weighted by atomic mass is 10.1. The molecule has 0 bridgehead atoms. The van der Waals surface area contributed by atoms with Gasteiger partial charge in [-0.25, -0.2) is 4.39 Å². The Morgan fingerprint density at radius 2 is 1.56 bits per heavy atom. The van der Waals surface area contributed by atoms with Crippen LogP contribution >= 0.6 is 0 Å². The van der Waals surface area contributed by atoms with Gasteiger partial charge in [0.15, 0.2) is 0 Å². The molecule has 0 saturated carbocycles. The third-order valence-corrected chi connectivity index (χ3v) is 4.07. The van der Waals surface area contributed by atoms with E-state index in [0.717, 1.165) is 5.56 Å². The van der Waals surface area contributed by atoms with Crippen LogP contribution in [-0.4, -0.2) is 42.3 Å². The van der Waals surface area contributed by atoms with Crippen molar-refractivity contribution in [1.82, 2.24) is 9.80 Å². The van der Waals surface area contributed by atoms with Crippen LogP contribution in [0.5, 0.6) is 0 Å². The van der Waals surface area contributed by atoms with Crippen molar-refractivity contribution >= 4 is 11.8 Å². The summed E-state index contributed by atoms with van der Waals surface area (Å²) in [4.78, 5) is 27.7. The van der Waals surface area contributed by atoms with E-state index in [9.17, 15) is 14.0 Å². The van der Waals surface area contributed by atoms with Crippen molar-refractivity contribution in [3.8, 4) is 0 Å². The zero-order valence-corrected chi connectivity index (χ0v) is 15.0. The summed E-state index contributed by atoms with van der Waals surface area (Å²) in [5, 5.41) is 0. The van der Waals surface area contributed by atoms with Gasteiger partial charge in [0.1, 0.15) is 5.82 Å². The Bertz CT molecular complexity index is 770. The van der Waals surface area contributed by atoms with E-state index in [-0.39, 0.29) is 17.6 Å². The molecule has 0 aliphatic rings. The van der Waals surface area contributed by atoms with Gasteiger partial charge in [0.2, 0.25) is 0 Å². The van der Waals surface area contributed by atoms with E-state index >= 15 is 0 Å². The normalized spacial score (nSPS) is 10.4. The van der Waals surface area contributed by atoms with Gasteiger partial charge in [0.05, 0.1) is 0 Å². The first-order valence-corrected chi connectivity index (χ1v) is 8.19. The topological polar surface area (TPSA) is 40.6 Å². The molecule has 0 fully saturated rings. The number of amides is 2. The maximum atomic E-state index is 13.7. The average Bonchev–Trinajstić information content (AvgIpc) is 2.61. The van der Waals surface area contributed by atoms with E-state index in [1.165, 1.54) is 11.0 Å². The van der Waals surface area contributed by atoms with Gasteiger partial charge < -0.3 is 9.80 Å². The third-order valence-electron chi connectivity index (χ3n) is 4.07. The first kappa shape index (κ1) is 18.6. The van der Waals surface area contributed by atoms with E-state index in [0.29, 0.717) is 29.8 Å². The van der Waals surface area contributed by atoms with Crippen molar-refractivity contribution in [2.24, 2.45) is 0 Å². The standard InChI is InChI=1S/C20H23FN2O2/c1-5-23(20(25)17-9-6-14(2)18(21)12-17)13-15-7-10-16(11-8-15)19(24)22(3)4/h6-12H,5,13H2,1-4H3. The van der Waals surface area contributed by atoms with Gasteiger partial charge in [-0.2, -0.15) is 0 Å². The fourth-order valence-corrected chi connectivity index (χ4v) is 2.47. The van der Waals surface area contributed by atoms with Crippen molar-refractivity contribution in [2.75, 3.05) is 20.6 Å². The van der Waals surface area contributed by atoms with Gasteiger partial charge in [-0.1, -0.05) is 18.2 Å². The zero-order valence-electron chi connectivity index (χ0n) is 15.0. The van der Waals surface area contributed by atoms with Crippen LogP contribution in [0.2, 0.25) is 0 Å². The van der Waals surface area contributed by atoms with Crippen LogP contribution in [0.15, 0.2) is 42.5 Å². The second-order valence-electron chi connectivity index (χ2n) is 6.18. The van der Waals surface area contributed by atoms with Gasteiger partial charge in [0, 0.05) is 38.3 Å². The van der Waals surface area contributed by atoms with Crippen LogP contribution in [0.4, 0.5) is 4.39 Å². The van der Waals surface area contributed by atoms with Crippen LogP contribution in [-0.2, 0) is 6.54 Å². The lowest BCUT2D eigenvalue weighted by Crippen LogP contribution is -2.30. The van der Waals surface area contributed by atoms with Gasteiger partial charge in [-0.3, -0.25) is 9.59 Å². The molecule has 132 valence electrons. The Morgan fingerprint density at radius 3 is 2.08 bits per heavy atom. The number of aryl methyl sites for hydroxylation is 1. The van der Waals surface area contributed by atoms with Crippen molar-refractivity contribution in [1.29, 1.82) is 0 Å². The molecule has 0 radical (unpaired) electrons. The molecule has 2 rings (SSSR count). The van der Waals surface area contributed by atoms with E-state index in [4.69, 9.17) is 0 Å². The first-order chi connectivity index (χ1) is 11.8. The summed E-state index contributed by atoms with van der Waals surface area (Å²) >= 11 is 0. The molecule has 2 aromatic carbocycles. The molecule has 4 nitrogen and oxygen atoms in total. The van der Waals surface area contributed by atoms with Crippen LogP contribution in [0.3, 0.4) is 0 Å². The van der Waals surface area contributed by atoms with Crippen molar-refractivity contribution in [3.05, 3.63) is 70.5 Å². The minimum Gasteiger partial charge on any atom is -0.345 e. The highest BCUT2D eigenvalue weighted by Gasteiger charge is 2.16. The highest BCUT2D eigenvalue weighted by atomic mass is 19.1. The largest absolute Gasteiger partial charge is 0.345 e. The predicted molar refractivity (Wildman–Crippen MR) is 96.0 cm³/mol. The number of halogens is 1. The summed E-state index contributed by atoms with van der Waals surface area (Å²) in [7, 11) is 3.41. The Labute approximate surface area is 147 Å². The Morgan fingerprint density at radius 1 is 0.960 bits per heavy atom. The quantitative estimate of drug-likeness (QED) is 0.834. The van der Waals surface area contributed by atoms with E-state index in [1.807, 2.05) is 19.1 Å². The number of benzene rings is 2. The van der Waals surface area contributed by atoms with Crippen LogP contribution in [0.25, 0.3) is 0 Å². The monoisotopic (exact) mass is 342 g/mol. The molecule has 0 aliphatic heterocycles. The molecular formula is C20H23FN2O2. The molecule has 0 unspecified atom stereocenters. The van der Waals surface area contributed by atoms with E-state index in [1.54, 1.807) is 50.2 Å². The summed E-state index contributed by atoms with van der Waals surface area (Å²) in [6.45, 7) is 4.46. The molecule has 25 heavy (non-hydrogen) atoms. The summed E-state index contributed by atoms with van der Waals surface area (Å²) in [6.07, 6.45) is 0. The Balaban J connectivity index is 2.14. The molecule has 5 heteroatoms. The summed E-state index contributed by atoms with van der Waals surface area (Å²) in [5.41, 5.74) is 2.37. The highest BCUT2D eigenvalue weighted by Crippen LogP contribution is 2.14. The number of rotatable bonds is 5. The zero-order chi connectivity index (χ0) is 18.6. The third kappa shape index (κ3) is 4.44. The second-order valence-corrected chi connectivity index (χ2v) is 6.18.